The van der Waals surface area contributed by atoms with Crippen molar-refractivity contribution in [3.63, 3.8) is 0 Å². The molecule has 0 spiro atoms. The summed E-state index contributed by atoms with van der Waals surface area (Å²) in [7, 11) is -2.06. The van der Waals surface area contributed by atoms with Gasteiger partial charge in [0.05, 0.1) is 25.1 Å². The van der Waals surface area contributed by atoms with E-state index in [0.717, 1.165) is 28.1 Å². The third kappa shape index (κ3) is 5.50. The van der Waals surface area contributed by atoms with Crippen LogP contribution in [0.4, 0.5) is 5.69 Å². The Labute approximate surface area is 184 Å². The Morgan fingerprint density at radius 2 is 1.90 bits per heavy atom. The quantitative estimate of drug-likeness (QED) is 0.704. The lowest BCUT2D eigenvalue weighted by Gasteiger charge is -2.38. The molecular formula is C23H30N2O5S. The molecule has 0 aromatic heterocycles. The molecule has 31 heavy (non-hydrogen) atoms. The van der Waals surface area contributed by atoms with Crippen LogP contribution in [0.1, 0.15) is 44.4 Å². The van der Waals surface area contributed by atoms with Crippen LogP contribution in [0.15, 0.2) is 42.5 Å². The lowest BCUT2D eigenvalue weighted by molar-refractivity contribution is -0.120. The van der Waals surface area contributed by atoms with Gasteiger partial charge in [-0.25, -0.2) is 8.42 Å². The average Bonchev–Trinajstić information content (AvgIpc) is 2.70. The van der Waals surface area contributed by atoms with Crippen LogP contribution in [0.2, 0.25) is 0 Å². The molecule has 168 valence electrons. The zero-order valence-electron chi connectivity index (χ0n) is 18.6. The molecule has 0 aliphatic carbocycles. The summed E-state index contributed by atoms with van der Waals surface area (Å²) in [6.45, 7) is 5.63. The molecule has 0 saturated heterocycles. The smallest absolute Gasteiger partial charge is 0.241 e. The zero-order chi connectivity index (χ0) is 22.8. The largest absolute Gasteiger partial charge is 0.497 e. The Bertz CT molecular complexity index is 1050. The summed E-state index contributed by atoms with van der Waals surface area (Å²) in [4.78, 5) is 13.0. The van der Waals surface area contributed by atoms with Gasteiger partial charge in [0.25, 0.3) is 0 Å². The van der Waals surface area contributed by atoms with E-state index in [9.17, 15) is 13.2 Å². The Morgan fingerprint density at radius 1 is 1.23 bits per heavy atom. The number of carbonyl (C=O) groups excluding carboxylic acids is 1. The molecule has 1 aliphatic heterocycles. The number of nitrogens with one attached hydrogen (secondary N) is 1. The molecule has 0 fully saturated rings. The number of benzene rings is 2. The Hall–Kier alpha value is -2.74. The Morgan fingerprint density at radius 3 is 2.48 bits per heavy atom. The lowest BCUT2D eigenvalue weighted by atomic mass is 9.89. The minimum absolute atomic E-state index is 0.304. The van der Waals surface area contributed by atoms with Crippen molar-refractivity contribution in [2.24, 2.45) is 0 Å². The predicted octanol–water partition coefficient (Wildman–Crippen LogP) is 3.44. The van der Waals surface area contributed by atoms with Crippen molar-refractivity contribution < 1.29 is 22.7 Å². The SMILES string of the molecule is CCc1ccc(N(CC(=O)N[C@H]2CC(C)(C)Oc3ccc(OC)cc32)S(C)(=O)=O)cc1. The van der Waals surface area contributed by atoms with Crippen LogP contribution in [0.5, 0.6) is 11.5 Å². The Balaban J connectivity index is 1.84. The van der Waals surface area contributed by atoms with Crippen molar-refractivity contribution in [1.82, 2.24) is 5.32 Å². The number of hydrogen-bond donors (Lipinski definition) is 1. The second-order valence-electron chi connectivity index (χ2n) is 8.38. The van der Waals surface area contributed by atoms with E-state index >= 15 is 0 Å². The normalized spacial score (nSPS) is 17.3. The molecule has 1 atom stereocenters. The van der Waals surface area contributed by atoms with Crippen LogP contribution < -0.4 is 19.1 Å². The number of anilines is 1. The topological polar surface area (TPSA) is 84.9 Å². The van der Waals surface area contributed by atoms with Gasteiger partial charge in [-0.1, -0.05) is 19.1 Å². The minimum Gasteiger partial charge on any atom is -0.497 e. The lowest BCUT2D eigenvalue weighted by Crippen LogP contribution is -2.45. The van der Waals surface area contributed by atoms with Crippen LogP contribution >= 0.6 is 0 Å². The number of carbonyl (C=O) groups is 1. The van der Waals surface area contributed by atoms with Gasteiger partial charge in [0.1, 0.15) is 23.6 Å². The van der Waals surface area contributed by atoms with Gasteiger partial charge in [-0.05, 0) is 56.2 Å². The maximum Gasteiger partial charge on any atom is 0.241 e. The molecule has 0 bridgehead atoms. The number of nitrogens with zero attached hydrogens (tertiary/aromatic N) is 1. The van der Waals surface area contributed by atoms with Crippen molar-refractivity contribution in [1.29, 1.82) is 0 Å². The highest BCUT2D eigenvalue weighted by Gasteiger charge is 2.35. The molecule has 2 aromatic rings. The van der Waals surface area contributed by atoms with Crippen molar-refractivity contribution in [3.05, 3.63) is 53.6 Å². The van der Waals surface area contributed by atoms with E-state index in [1.165, 1.54) is 0 Å². The van der Waals surface area contributed by atoms with E-state index in [-0.39, 0.29) is 18.5 Å². The highest BCUT2D eigenvalue weighted by molar-refractivity contribution is 7.92. The van der Waals surface area contributed by atoms with Crippen molar-refractivity contribution in [2.45, 2.75) is 45.3 Å². The summed E-state index contributed by atoms with van der Waals surface area (Å²) in [6, 6.07) is 12.3. The van der Waals surface area contributed by atoms with Gasteiger partial charge in [-0.2, -0.15) is 0 Å². The first-order valence-electron chi connectivity index (χ1n) is 10.3. The maximum atomic E-state index is 13.0. The molecule has 1 heterocycles. The molecule has 1 N–H and O–H groups in total. The zero-order valence-corrected chi connectivity index (χ0v) is 19.5. The van der Waals surface area contributed by atoms with Gasteiger partial charge in [0, 0.05) is 12.0 Å². The Kier molecular flexibility index (Phi) is 6.50. The van der Waals surface area contributed by atoms with Crippen LogP contribution in [0.25, 0.3) is 0 Å². The van der Waals surface area contributed by atoms with E-state index in [0.29, 0.717) is 23.6 Å². The highest BCUT2D eigenvalue weighted by Crippen LogP contribution is 2.41. The number of fused-ring (bicyclic) bond motifs is 1. The van der Waals surface area contributed by atoms with E-state index in [1.54, 1.807) is 19.2 Å². The first-order valence-corrected chi connectivity index (χ1v) is 12.1. The molecule has 2 aromatic carbocycles. The fourth-order valence-corrected chi connectivity index (χ4v) is 4.61. The van der Waals surface area contributed by atoms with Gasteiger partial charge in [-0.15, -0.1) is 0 Å². The molecule has 7 nitrogen and oxygen atoms in total. The van der Waals surface area contributed by atoms with E-state index in [4.69, 9.17) is 9.47 Å². The molecule has 8 heteroatoms. The summed E-state index contributed by atoms with van der Waals surface area (Å²) >= 11 is 0. The van der Waals surface area contributed by atoms with Gasteiger partial charge in [0.15, 0.2) is 0 Å². The maximum absolute atomic E-state index is 13.0. The summed E-state index contributed by atoms with van der Waals surface area (Å²) < 4.78 is 37.3. The standard InChI is InChI=1S/C23H30N2O5S/c1-6-16-7-9-17(10-8-16)25(31(5,27)28)15-22(26)24-20-14-23(2,3)30-21-12-11-18(29-4)13-19(20)21/h7-13,20H,6,14-15H2,1-5H3,(H,24,26)/t20-/m0/s1. The molecule has 0 radical (unpaired) electrons. The number of sulfonamides is 1. The van der Waals surface area contributed by atoms with Crippen molar-refractivity contribution in [3.8, 4) is 11.5 Å². The number of amides is 1. The second-order valence-corrected chi connectivity index (χ2v) is 10.3. The summed E-state index contributed by atoms with van der Waals surface area (Å²) in [5, 5.41) is 3.00. The van der Waals surface area contributed by atoms with Gasteiger partial charge < -0.3 is 14.8 Å². The summed E-state index contributed by atoms with van der Waals surface area (Å²) in [5.41, 5.74) is 1.89. The van der Waals surface area contributed by atoms with Crippen LogP contribution in [0.3, 0.4) is 0 Å². The third-order valence-corrected chi connectivity index (χ3v) is 6.47. The molecule has 0 unspecified atom stereocenters. The van der Waals surface area contributed by atoms with Crippen molar-refractivity contribution in [2.75, 3.05) is 24.2 Å². The summed E-state index contributed by atoms with van der Waals surface area (Å²) in [5.74, 6) is 0.953. The number of aryl methyl sites for hydroxylation is 1. The molecule has 3 rings (SSSR count). The average molecular weight is 447 g/mol. The minimum atomic E-state index is -3.64. The second kappa shape index (κ2) is 8.78. The fraction of sp³-hybridized carbons (Fsp3) is 0.435. The van der Waals surface area contributed by atoms with Gasteiger partial charge in [-0.3, -0.25) is 9.10 Å². The molecular weight excluding hydrogens is 416 g/mol. The van der Waals surface area contributed by atoms with Gasteiger partial charge in [0.2, 0.25) is 15.9 Å². The predicted molar refractivity (Wildman–Crippen MR) is 121 cm³/mol. The third-order valence-electron chi connectivity index (χ3n) is 5.33. The van der Waals surface area contributed by atoms with E-state index in [1.807, 2.05) is 51.1 Å². The summed E-state index contributed by atoms with van der Waals surface area (Å²) in [6.07, 6.45) is 2.50. The molecule has 0 saturated carbocycles. The number of hydrogen-bond acceptors (Lipinski definition) is 5. The van der Waals surface area contributed by atoms with Gasteiger partial charge >= 0.3 is 0 Å². The monoisotopic (exact) mass is 446 g/mol. The fourth-order valence-electron chi connectivity index (χ4n) is 3.76. The van der Waals surface area contributed by atoms with E-state index < -0.39 is 15.6 Å². The molecule has 1 amide bonds. The number of ether oxygens (including phenoxy) is 2. The first-order chi connectivity index (χ1) is 14.5. The van der Waals surface area contributed by atoms with E-state index in [2.05, 4.69) is 5.32 Å². The van der Waals surface area contributed by atoms with Crippen LogP contribution in [0, 0.1) is 0 Å². The first kappa shape index (κ1) is 22.9. The number of methoxy groups -OCH3 is 1. The van der Waals surface area contributed by atoms with Crippen LogP contribution in [-0.2, 0) is 21.2 Å². The number of rotatable bonds is 7. The highest BCUT2D eigenvalue weighted by atomic mass is 32.2. The van der Waals surface area contributed by atoms with Crippen LogP contribution in [-0.4, -0.2) is 39.8 Å². The van der Waals surface area contributed by atoms with Crippen molar-refractivity contribution >= 4 is 21.6 Å². The molecule has 1 aliphatic rings.